The van der Waals surface area contributed by atoms with Crippen LogP contribution in [0.5, 0.6) is 11.5 Å². The van der Waals surface area contributed by atoms with E-state index < -0.39 is 0 Å². The maximum absolute atomic E-state index is 6.13. The van der Waals surface area contributed by atoms with Crippen molar-refractivity contribution in [3.05, 3.63) is 52.8 Å². The van der Waals surface area contributed by atoms with Crippen molar-refractivity contribution >= 4 is 11.6 Å². The van der Waals surface area contributed by atoms with E-state index >= 15 is 0 Å². The van der Waals surface area contributed by atoms with Crippen LogP contribution in [0.25, 0.3) is 0 Å². The lowest BCUT2D eigenvalue weighted by Crippen LogP contribution is -2.06. The average molecular weight is 263 g/mol. The summed E-state index contributed by atoms with van der Waals surface area (Å²) in [5.41, 5.74) is 2.04. The molecular formula is C14H15ClN2O. The molecule has 1 aromatic heterocycles. The minimum atomic E-state index is 0.613. The molecule has 0 spiro atoms. The predicted octanol–water partition coefficient (Wildman–Crippen LogP) is 3.56. The molecule has 0 aliphatic rings. The van der Waals surface area contributed by atoms with Gasteiger partial charge in [0.1, 0.15) is 11.5 Å². The van der Waals surface area contributed by atoms with Gasteiger partial charge in [-0.3, -0.25) is 4.98 Å². The number of nitrogens with zero attached hydrogens (tertiary/aromatic N) is 1. The Morgan fingerprint density at radius 1 is 1.28 bits per heavy atom. The minimum Gasteiger partial charge on any atom is -0.456 e. The first-order valence-corrected chi connectivity index (χ1v) is 6.10. The van der Waals surface area contributed by atoms with Gasteiger partial charge in [-0.05, 0) is 37.7 Å². The number of halogens is 1. The Balaban J connectivity index is 2.20. The van der Waals surface area contributed by atoms with E-state index in [2.05, 4.69) is 10.3 Å². The molecule has 1 heterocycles. The molecular weight excluding hydrogens is 248 g/mol. The van der Waals surface area contributed by atoms with Gasteiger partial charge in [-0.1, -0.05) is 17.7 Å². The lowest BCUT2D eigenvalue weighted by Gasteiger charge is -2.09. The molecule has 1 aromatic carbocycles. The van der Waals surface area contributed by atoms with Gasteiger partial charge in [-0.15, -0.1) is 0 Å². The fourth-order valence-corrected chi connectivity index (χ4v) is 1.89. The topological polar surface area (TPSA) is 34.1 Å². The number of aromatic nitrogens is 1. The Morgan fingerprint density at radius 3 is 2.83 bits per heavy atom. The highest BCUT2D eigenvalue weighted by atomic mass is 35.5. The Labute approximate surface area is 112 Å². The van der Waals surface area contributed by atoms with Crippen LogP contribution in [0.1, 0.15) is 11.3 Å². The van der Waals surface area contributed by atoms with Crippen LogP contribution in [-0.4, -0.2) is 12.0 Å². The first kappa shape index (κ1) is 12.9. The van der Waals surface area contributed by atoms with Gasteiger partial charge in [-0.25, -0.2) is 0 Å². The summed E-state index contributed by atoms with van der Waals surface area (Å²) in [5, 5.41) is 3.66. The molecule has 0 radical (unpaired) electrons. The molecule has 0 aliphatic carbocycles. The molecule has 0 bridgehead atoms. The monoisotopic (exact) mass is 262 g/mol. The molecule has 2 aromatic rings. The highest BCUT2D eigenvalue weighted by molar-refractivity contribution is 6.32. The van der Waals surface area contributed by atoms with Gasteiger partial charge in [0.2, 0.25) is 0 Å². The normalized spacial score (nSPS) is 10.4. The Hall–Kier alpha value is -1.58. The molecule has 2 rings (SSSR count). The first-order valence-electron chi connectivity index (χ1n) is 5.72. The van der Waals surface area contributed by atoms with Gasteiger partial charge < -0.3 is 10.1 Å². The summed E-state index contributed by atoms with van der Waals surface area (Å²) in [6.07, 6.45) is 1.73. The van der Waals surface area contributed by atoms with E-state index in [4.69, 9.17) is 16.3 Å². The summed E-state index contributed by atoms with van der Waals surface area (Å²) in [6.45, 7) is 2.70. The quantitative estimate of drug-likeness (QED) is 0.915. The molecule has 0 amide bonds. The van der Waals surface area contributed by atoms with E-state index in [1.54, 1.807) is 6.20 Å². The number of nitrogens with one attached hydrogen (secondary N) is 1. The van der Waals surface area contributed by atoms with Crippen LogP contribution in [0.3, 0.4) is 0 Å². The summed E-state index contributed by atoms with van der Waals surface area (Å²) < 4.78 is 5.75. The fraction of sp³-hybridized carbons (Fsp3) is 0.214. The van der Waals surface area contributed by atoms with Crippen molar-refractivity contribution in [1.82, 2.24) is 10.3 Å². The molecule has 4 heteroatoms. The van der Waals surface area contributed by atoms with Crippen LogP contribution >= 0.6 is 11.6 Å². The van der Waals surface area contributed by atoms with Gasteiger partial charge in [0, 0.05) is 18.8 Å². The molecule has 0 saturated heterocycles. The number of aryl methyl sites for hydroxylation is 1. The fourth-order valence-electron chi connectivity index (χ4n) is 1.61. The second-order valence-corrected chi connectivity index (χ2v) is 4.46. The van der Waals surface area contributed by atoms with Gasteiger partial charge >= 0.3 is 0 Å². The van der Waals surface area contributed by atoms with Crippen LogP contribution in [0, 0.1) is 6.92 Å². The van der Waals surface area contributed by atoms with Crippen LogP contribution in [0.15, 0.2) is 36.5 Å². The number of rotatable bonds is 4. The van der Waals surface area contributed by atoms with E-state index in [1.807, 2.05) is 44.3 Å². The van der Waals surface area contributed by atoms with Crippen molar-refractivity contribution in [2.75, 3.05) is 7.05 Å². The zero-order chi connectivity index (χ0) is 13.0. The third-order valence-electron chi connectivity index (χ3n) is 2.46. The van der Waals surface area contributed by atoms with Crippen molar-refractivity contribution in [1.29, 1.82) is 0 Å². The van der Waals surface area contributed by atoms with Crippen LogP contribution in [-0.2, 0) is 6.54 Å². The molecule has 3 nitrogen and oxygen atoms in total. The highest BCUT2D eigenvalue weighted by Crippen LogP contribution is 2.29. The number of ether oxygens (including phenoxy) is 1. The lowest BCUT2D eigenvalue weighted by atomic mass is 10.2. The SMILES string of the molecule is CNCc1cc(Oc2ccc(C)cc2Cl)ccn1. The molecule has 18 heavy (non-hydrogen) atoms. The average Bonchev–Trinajstić information content (AvgIpc) is 2.34. The molecule has 0 unspecified atom stereocenters. The van der Waals surface area contributed by atoms with Crippen molar-refractivity contribution in [3.8, 4) is 11.5 Å². The van der Waals surface area contributed by atoms with Gasteiger partial charge in [-0.2, -0.15) is 0 Å². The number of hydrogen-bond donors (Lipinski definition) is 1. The summed E-state index contributed by atoms with van der Waals surface area (Å²) in [6, 6.07) is 9.43. The summed E-state index contributed by atoms with van der Waals surface area (Å²) in [5.74, 6) is 1.39. The maximum atomic E-state index is 6.13. The third-order valence-corrected chi connectivity index (χ3v) is 2.76. The number of benzene rings is 1. The van der Waals surface area contributed by atoms with Crippen molar-refractivity contribution in [3.63, 3.8) is 0 Å². The van der Waals surface area contributed by atoms with E-state index in [1.165, 1.54) is 0 Å². The smallest absolute Gasteiger partial charge is 0.146 e. The molecule has 94 valence electrons. The molecule has 0 aliphatic heterocycles. The van der Waals surface area contributed by atoms with Gasteiger partial charge in [0.15, 0.2) is 0 Å². The lowest BCUT2D eigenvalue weighted by molar-refractivity contribution is 0.480. The second kappa shape index (κ2) is 5.85. The number of pyridine rings is 1. The predicted molar refractivity (Wildman–Crippen MR) is 73.3 cm³/mol. The van der Waals surface area contributed by atoms with Crippen molar-refractivity contribution in [2.24, 2.45) is 0 Å². The maximum Gasteiger partial charge on any atom is 0.146 e. The van der Waals surface area contributed by atoms with E-state index in [-0.39, 0.29) is 0 Å². The van der Waals surface area contributed by atoms with Crippen molar-refractivity contribution < 1.29 is 4.74 Å². The molecule has 0 atom stereocenters. The Kier molecular flexibility index (Phi) is 4.18. The van der Waals surface area contributed by atoms with E-state index in [0.29, 0.717) is 17.3 Å². The van der Waals surface area contributed by atoms with Gasteiger partial charge in [0.05, 0.1) is 10.7 Å². The summed E-state index contributed by atoms with van der Waals surface area (Å²) >= 11 is 6.13. The van der Waals surface area contributed by atoms with Crippen molar-refractivity contribution in [2.45, 2.75) is 13.5 Å². The molecule has 0 fully saturated rings. The largest absolute Gasteiger partial charge is 0.456 e. The number of hydrogen-bond acceptors (Lipinski definition) is 3. The second-order valence-electron chi connectivity index (χ2n) is 4.05. The van der Waals surface area contributed by atoms with Crippen LogP contribution < -0.4 is 10.1 Å². The van der Waals surface area contributed by atoms with E-state index in [9.17, 15) is 0 Å². The Morgan fingerprint density at radius 2 is 2.11 bits per heavy atom. The zero-order valence-corrected chi connectivity index (χ0v) is 11.2. The standard InChI is InChI=1S/C14H15ClN2O/c1-10-3-4-14(13(15)7-10)18-12-5-6-17-11(8-12)9-16-2/h3-8,16H,9H2,1-2H3. The third kappa shape index (κ3) is 3.22. The minimum absolute atomic E-state index is 0.613. The van der Waals surface area contributed by atoms with Crippen LogP contribution in [0.4, 0.5) is 0 Å². The summed E-state index contributed by atoms with van der Waals surface area (Å²) in [7, 11) is 1.88. The highest BCUT2D eigenvalue weighted by Gasteiger charge is 2.04. The zero-order valence-electron chi connectivity index (χ0n) is 10.4. The van der Waals surface area contributed by atoms with Gasteiger partial charge in [0.25, 0.3) is 0 Å². The molecule has 1 N–H and O–H groups in total. The van der Waals surface area contributed by atoms with Crippen LogP contribution in [0.2, 0.25) is 5.02 Å². The first-order chi connectivity index (χ1) is 8.69. The Bertz CT molecular complexity index is 543. The summed E-state index contributed by atoms with van der Waals surface area (Å²) in [4.78, 5) is 4.23. The van der Waals surface area contributed by atoms with E-state index in [0.717, 1.165) is 17.0 Å². The molecule has 0 saturated carbocycles.